The van der Waals surface area contributed by atoms with Crippen molar-refractivity contribution in [3.05, 3.63) is 34.6 Å². The molecule has 2 rings (SSSR count). The van der Waals surface area contributed by atoms with Crippen LogP contribution in [0.3, 0.4) is 0 Å². The van der Waals surface area contributed by atoms with Crippen LogP contribution in [0.5, 0.6) is 0 Å². The fourth-order valence-electron chi connectivity index (χ4n) is 2.41. The van der Waals surface area contributed by atoms with Crippen LogP contribution >= 0.6 is 11.6 Å². The number of likely N-dealkylation sites (tertiary alicyclic amines) is 1. The topological polar surface area (TPSA) is 40.5 Å². The Morgan fingerprint density at radius 3 is 2.82 bits per heavy atom. The summed E-state index contributed by atoms with van der Waals surface area (Å²) in [6.45, 7) is 0.933. The maximum atomic E-state index is 13.8. The summed E-state index contributed by atoms with van der Waals surface area (Å²) in [5.41, 5.74) is 0.325. The fourth-order valence-corrected chi connectivity index (χ4v) is 2.71. The molecule has 0 spiro atoms. The van der Waals surface area contributed by atoms with Crippen LogP contribution in [-0.4, -0.2) is 36.1 Å². The molecule has 0 aliphatic carbocycles. The molecule has 1 aliphatic rings. The molecule has 0 radical (unpaired) electrons. The molecular weight excluding hydrogens is 245 g/mol. The fraction of sp³-hybridized carbons (Fsp3) is 0.417. The van der Waals surface area contributed by atoms with E-state index in [9.17, 15) is 9.18 Å². The van der Waals surface area contributed by atoms with E-state index in [-0.39, 0.29) is 5.92 Å². The van der Waals surface area contributed by atoms with Gasteiger partial charge in [0.05, 0.1) is 5.92 Å². The summed E-state index contributed by atoms with van der Waals surface area (Å²) < 4.78 is 13.8. The van der Waals surface area contributed by atoms with E-state index < -0.39 is 17.7 Å². The molecule has 1 fully saturated rings. The number of carboxylic acids is 1. The zero-order chi connectivity index (χ0) is 12.6. The van der Waals surface area contributed by atoms with E-state index in [0.29, 0.717) is 23.7 Å². The van der Waals surface area contributed by atoms with Gasteiger partial charge < -0.3 is 10.0 Å². The van der Waals surface area contributed by atoms with Crippen LogP contribution < -0.4 is 0 Å². The van der Waals surface area contributed by atoms with E-state index in [4.69, 9.17) is 16.7 Å². The zero-order valence-corrected chi connectivity index (χ0v) is 10.1. The molecule has 1 aliphatic heterocycles. The summed E-state index contributed by atoms with van der Waals surface area (Å²) in [6, 6.07) is 4.44. The number of hydrogen-bond acceptors (Lipinski definition) is 2. The van der Waals surface area contributed by atoms with Crippen molar-refractivity contribution in [1.82, 2.24) is 4.90 Å². The Bertz CT molecular complexity index is 432. The lowest BCUT2D eigenvalue weighted by atomic mass is 9.88. The highest BCUT2D eigenvalue weighted by Crippen LogP contribution is 2.37. The third kappa shape index (κ3) is 2.28. The molecule has 1 aromatic carbocycles. The molecule has 1 aromatic rings. The molecule has 0 amide bonds. The predicted molar refractivity (Wildman–Crippen MR) is 62.8 cm³/mol. The highest BCUT2D eigenvalue weighted by Gasteiger charge is 2.39. The molecule has 3 nitrogen and oxygen atoms in total. The molecule has 0 unspecified atom stereocenters. The largest absolute Gasteiger partial charge is 0.481 e. The number of nitrogens with zero attached hydrogens (tertiary/aromatic N) is 1. The van der Waals surface area contributed by atoms with Crippen molar-refractivity contribution in [1.29, 1.82) is 0 Å². The second-order valence-electron chi connectivity index (χ2n) is 4.41. The Balaban J connectivity index is 2.41. The molecule has 0 saturated carbocycles. The molecule has 0 aromatic heterocycles. The Hall–Kier alpha value is -1.13. The van der Waals surface area contributed by atoms with Gasteiger partial charge >= 0.3 is 5.97 Å². The van der Waals surface area contributed by atoms with Gasteiger partial charge in [0.25, 0.3) is 0 Å². The molecule has 1 N–H and O–H groups in total. The minimum Gasteiger partial charge on any atom is -0.481 e. The number of hydrogen-bond donors (Lipinski definition) is 1. The van der Waals surface area contributed by atoms with Gasteiger partial charge in [-0.05, 0) is 19.2 Å². The number of rotatable bonds is 2. The van der Waals surface area contributed by atoms with Crippen molar-refractivity contribution in [3.8, 4) is 0 Å². The summed E-state index contributed by atoms with van der Waals surface area (Å²) in [7, 11) is 1.82. The van der Waals surface area contributed by atoms with Crippen molar-refractivity contribution >= 4 is 17.6 Å². The molecule has 5 heteroatoms. The van der Waals surface area contributed by atoms with Crippen LogP contribution in [0, 0.1) is 11.7 Å². The maximum Gasteiger partial charge on any atom is 0.308 e. The Kier molecular flexibility index (Phi) is 3.35. The number of benzene rings is 1. The molecule has 2 atom stereocenters. The Morgan fingerprint density at radius 1 is 1.53 bits per heavy atom. The lowest BCUT2D eigenvalue weighted by Crippen LogP contribution is -2.22. The summed E-state index contributed by atoms with van der Waals surface area (Å²) in [5, 5.41) is 9.45. The molecular formula is C12H13ClFNO2. The van der Waals surface area contributed by atoms with Gasteiger partial charge in [-0.1, -0.05) is 17.7 Å². The molecule has 1 saturated heterocycles. The molecule has 92 valence electrons. The number of aliphatic carboxylic acids is 1. The van der Waals surface area contributed by atoms with Crippen molar-refractivity contribution in [2.75, 3.05) is 20.1 Å². The first-order valence-electron chi connectivity index (χ1n) is 5.36. The van der Waals surface area contributed by atoms with Gasteiger partial charge in [0.15, 0.2) is 0 Å². The SMILES string of the molecule is CN1C[C@H](c2c(F)cccc2Cl)[C@H](C(=O)O)C1. The van der Waals surface area contributed by atoms with Crippen LogP contribution in [0.2, 0.25) is 5.02 Å². The first-order valence-corrected chi connectivity index (χ1v) is 5.73. The van der Waals surface area contributed by atoms with E-state index in [1.54, 1.807) is 6.07 Å². The quantitative estimate of drug-likeness (QED) is 0.883. The van der Waals surface area contributed by atoms with Crippen molar-refractivity contribution < 1.29 is 14.3 Å². The van der Waals surface area contributed by atoms with Gasteiger partial charge in [-0.15, -0.1) is 0 Å². The van der Waals surface area contributed by atoms with Gasteiger partial charge in [0.2, 0.25) is 0 Å². The minimum absolute atomic E-state index is 0.302. The van der Waals surface area contributed by atoms with E-state index in [1.165, 1.54) is 12.1 Å². The molecule has 1 heterocycles. The van der Waals surface area contributed by atoms with Crippen molar-refractivity contribution in [2.45, 2.75) is 5.92 Å². The summed E-state index contributed by atoms with van der Waals surface area (Å²) in [4.78, 5) is 13.0. The van der Waals surface area contributed by atoms with Crippen molar-refractivity contribution in [3.63, 3.8) is 0 Å². The van der Waals surface area contributed by atoms with E-state index in [0.717, 1.165) is 0 Å². The summed E-state index contributed by atoms with van der Waals surface area (Å²) >= 11 is 5.98. The highest BCUT2D eigenvalue weighted by atomic mass is 35.5. The van der Waals surface area contributed by atoms with Gasteiger partial charge in [-0.3, -0.25) is 4.79 Å². The molecule has 17 heavy (non-hydrogen) atoms. The normalized spacial score (nSPS) is 25.1. The standard InChI is InChI=1S/C12H13ClFNO2/c1-15-5-7(8(6-15)12(16)17)11-9(13)3-2-4-10(11)14/h2-4,7-8H,5-6H2,1H3,(H,16,17)/t7-,8+/m0/s1. The Labute approximate surface area is 104 Å². The van der Waals surface area contributed by atoms with Crippen LogP contribution in [0.15, 0.2) is 18.2 Å². The average Bonchev–Trinajstić information content (AvgIpc) is 2.60. The van der Waals surface area contributed by atoms with Crippen LogP contribution in [0.4, 0.5) is 4.39 Å². The molecule has 0 bridgehead atoms. The third-order valence-corrected chi connectivity index (χ3v) is 3.52. The van der Waals surface area contributed by atoms with Crippen LogP contribution in [0.25, 0.3) is 0 Å². The van der Waals surface area contributed by atoms with Gasteiger partial charge in [-0.25, -0.2) is 4.39 Å². The highest BCUT2D eigenvalue weighted by molar-refractivity contribution is 6.31. The zero-order valence-electron chi connectivity index (χ0n) is 9.36. The van der Waals surface area contributed by atoms with Gasteiger partial charge in [0, 0.05) is 29.6 Å². The first kappa shape index (κ1) is 12.3. The van der Waals surface area contributed by atoms with Crippen LogP contribution in [-0.2, 0) is 4.79 Å². The lowest BCUT2D eigenvalue weighted by molar-refractivity contribution is -0.141. The van der Waals surface area contributed by atoms with E-state index >= 15 is 0 Å². The second kappa shape index (κ2) is 4.63. The number of carboxylic acid groups (broad SMARTS) is 1. The Morgan fingerprint density at radius 2 is 2.24 bits per heavy atom. The first-order chi connectivity index (χ1) is 8.00. The van der Waals surface area contributed by atoms with E-state index in [1.807, 2.05) is 11.9 Å². The average molecular weight is 258 g/mol. The van der Waals surface area contributed by atoms with Gasteiger partial charge in [-0.2, -0.15) is 0 Å². The smallest absolute Gasteiger partial charge is 0.308 e. The summed E-state index contributed by atoms with van der Waals surface area (Å²) in [5.74, 6) is -2.32. The van der Waals surface area contributed by atoms with Crippen LogP contribution in [0.1, 0.15) is 11.5 Å². The lowest BCUT2D eigenvalue weighted by Gasteiger charge is -2.17. The minimum atomic E-state index is -0.904. The third-order valence-electron chi connectivity index (χ3n) is 3.19. The van der Waals surface area contributed by atoms with Crippen molar-refractivity contribution in [2.24, 2.45) is 5.92 Å². The second-order valence-corrected chi connectivity index (χ2v) is 4.81. The monoisotopic (exact) mass is 257 g/mol. The number of carbonyl (C=O) groups is 1. The van der Waals surface area contributed by atoms with E-state index in [2.05, 4.69) is 0 Å². The van der Waals surface area contributed by atoms with Gasteiger partial charge in [0.1, 0.15) is 5.82 Å². The summed E-state index contributed by atoms with van der Waals surface area (Å²) in [6.07, 6.45) is 0. The predicted octanol–water partition coefficient (Wildman–Crippen LogP) is 2.21. The maximum absolute atomic E-state index is 13.8. The number of likely N-dealkylation sites (N-methyl/N-ethyl adjacent to an activating group) is 1. The number of halogens is 2.